The van der Waals surface area contributed by atoms with Crippen LogP contribution in [-0.4, -0.2) is 31.8 Å². The lowest BCUT2D eigenvalue weighted by Crippen LogP contribution is -2.16. The summed E-state index contributed by atoms with van der Waals surface area (Å²) < 4.78 is 11.5. The number of para-hydroxylation sites is 1. The number of hydrogen-bond acceptors (Lipinski definition) is 5. The van der Waals surface area contributed by atoms with Gasteiger partial charge in [0.15, 0.2) is 11.5 Å². The minimum atomic E-state index is 0.300. The van der Waals surface area contributed by atoms with E-state index in [0.717, 1.165) is 29.2 Å². The number of rotatable bonds is 6. The predicted molar refractivity (Wildman–Crippen MR) is 73.2 cm³/mol. The van der Waals surface area contributed by atoms with Crippen LogP contribution in [0.15, 0.2) is 18.2 Å². The molecule has 1 aliphatic heterocycles. The highest BCUT2D eigenvalue weighted by Crippen LogP contribution is 2.33. The van der Waals surface area contributed by atoms with Crippen LogP contribution in [0.25, 0.3) is 0 Å². The van der Waals surface area contributed by atoms with Gasteiger partial charge in [0.1, 0.15) is 6.10 Å². The third-order valence-corrected chi connectivity index (χ3v) is 3.98. The molecule has 2 rings (SSSR count). The summed E-state index contributed by atoms with van der Waals surface area (Å²) in [6.45, 7) is 0.594. The Balaban J connectivity index is 2.12. The van der Waals surface area contributed by atoms with Crippen LogP contribution in [0.4, 0.5) is 0 Å². The molecule has 1 atom stereocenters. The topological polar surface area (TPSA) is 39.7 Å². The van der Waals surface area contributed by atoms with Gasteiger partial charge in [-0.1, -0.05) is 12.1 Å². The number of hydroxylamine groups is 1. The molecule has 1 N–H and O–H groups in total. The summed E-state index contributed by atoms with van der Waals surface area (Å²) in [6.07, 6.45) is 1.41. The Morgan fingerprint density at radius 3 is 2.94 bits per heavy atom. The predicted octanol–water partition coefficient (Wildman–Crippen LogP) is 2.23. The highest BCUT2D eigenvalue weighted by atomic mass is 32.2. The van der Waals surface area contributed by atoms with Crippen LogP contribution in [-0.2, 0) is 11.4 Å². The quantitative estimate of drug-likeness (QED) is 0.802. The second kappa shape index (κ2) is 6.87. The molecule has 1 saturated heterocycles. The van der Waals surface area contributed by atoms with E-state index in [1.165, 1.54) is 5.75 Å². The lowest BCUT2D eigenvalue weighted by molar-refractivity contribution is 0.0859. The van der Waals surface area contributed by atoms with E-state index < -0.39 is 0 Å². The van der Waals surface area contributed by atoms with Gasteiger partial charge in [-0.05, 0) is 18.2 Å². The Morgan fingerprint density at radius 1 is 1.39 bits per heavy atom. The highest BCUT2D eigenvalue weighted by Gasteiger charge is 2.19. The molecule has 0 aliphatic carbocycles. The van der Waals surface area contributed by atoms with E-state index in [1.54, 1.807) is 14.2 Å². The fraction of sp³-hybridized carbons (Fsp3) is 0.538. The molecule has 0 bridgehead atoms. The van der Waals surface area contributed by atoms with Crippen molar-refractivity contribution in [1.29, 1.82) is 0 Å². The zero-order chi connectivity index (χ0) is 12.8. The second-order valence-corrected chi connectivity index (χ2v) is 5.23. The molecule has 1 heterocycles. The Morgan fingerprint density at radius 2 is 2.28 bits per heavy atom. The normalized spacial score (nSPS) is 18.9. The van der Waals surface area contributed by atoms with Crippen molar-refractivity contribution in [2.24, 2.45) is 0 Å². The van der Waals surface area contributed by atoms with Crippen molar-refractivity contribution >= 4 is 11.8 Å². The molecular weight excluding hydrogens is 250 g/mol. The lowest BCUT2D eigenvalue weighted by atomic mass is 10.2. The van der Waals surface area contributed by atoms with Gasteiger partial charge < -0.3 is 14.3 Å². The Kier molecular flexibility index (Phi) is 5.16. The van der Waals surface area contributed by atoms with Gasteiger partial charge in [-0.3, -0.25) is 0 Å². The number of thioether (sulfide) groups is 1. The number of hydrogen-bond donors (Lipinski definition) is 1. The first-order valence-corrected chi connectivity index (χ1v) is 7.16. The van der Waals surface area contributed by atoms with E-state index in [1.807, 2.05) is 30.0 Å². The van der Waals surface area contributed by atoms with Gasteiger partial charge in [-0.25, -0.2) is 0 Å². The molecular formula is C13H19NO3S. The van der Waals surface area contributed by atoms with E-state index in [0.29, 0.717) is 12.6 Å². The molecule has 0 saturated carbocycles. The number of methoxy groups -OCH3 is 1. The van der Waals surface area contributed by atoms with Crippen LogP contribution in [0.3, 0.4) is 0 Å². The summed E-state index contributed by atoms with van der Waals surface area (Å²) in [7, 11) is 3.27. The Bertz CT molecular complexity index is 380. The first-order chi connectivity index (χ1) is 8.85. The molecule has 4 nitrogen and oxygen atoms in total. The van der Waals surface area contributed by atoms with Gasteiger partial charge in [0.05, 0.1) is 14.2 Å². The van der Waals surface area contributed by atoms with E-state index in [-0.39, 0.29) is 0 Å². The molecule has 0 aromatic heterocycles. The van der Waals surface area contributed by atoms with Crippen molar-refractivity contribution in [2.75, 3.05) is 25.7 Å². The maximum Gasteiger partial charge on any atom is 0.165 e. The zero-order valence-corrected chi connectivity index (χ0v) is 11.6. The molecule has 1 fully saturated rings. The van der Waals surface area contributed by atoms with Gasteiger partial charge in [0, 0.05) is 17.9 Å². The van der Waals surface area contributed by atoms with Crippen LogP contribution in [0.5, 0.6) is 11.5 Å². The van der Waals surface area contributed by atoms with Crippen LogP contribution < -0.4 is 15.0 Å². The largest absolute Gasteiger partial charge is 0.493 e. The van der Waals surface area contributed by atoms with Crippen LogP contribution >= 0.6 is 11.8 Å². The summed E-state index contributed by atoms with van der Waals surface area (Å²) in [4.78, 5) is 4.87. The molecule has 1 aliphatic rings. The average molecular weight is 269 g/mol. The maximum atomic E-state index is 6.00. The minimum Gasteiger partial charge on any atom is -0.493 e. The molecule has 1 aromatic carbocycles. The summed E-state index contributed by atoms with van der Waals surface area (Å²) in [5, 5.41) is 0. The van der Waals surface area contributed by atoms with Crippen molar-refractivity contribution in [1.82, 2.24) is 5.48 Å². The molecule has 5 heteroatoms. The van der Waals surface area contributed by atoms with Crippen LogP contribution in [0, 0.1) is 0 Å². The number of nitrogens with one attached hydrogen (secondary N) is 1. The fourth-order valence-electron chi connectivity index (χ4n) is 1.96. The van der Waals surface area contributed by atoms with Crippen molar-refractivity contribution in [3.8, 4) is 11.5 Å². The van der Waals surface area contributed by atoms with Gasteiger partial charge in [0.2, 0.25) is 0 Å². The van der Waals surface area contributed by atoms with E-state index in [4.69, 9.17) is 14.3 Å². The maximum absolute atomic E-state index is 6.00. The molecule has 1 unspecified atom stereocenters. The number of ether oxygens (including phenoxy) is 2. The van der Waals surface area contributed by atoms with Crippen LogP contribution in [0.2, 0.25) is 0 Å². The smallest absolute Gasteiger partial charge is 0.165 e. The van der Waals surface area contributed by atoms with E-state index >= 15 is 0 Å². The van der Waals surface area contributed by atoms with Crippen molar-refractivity contribution in [2.45, 2.75) is 19.1 Å². The van der Waals surface area contributed by atoms with Gasteiger partial charge in [-0.2, -0.15) is 17.2 Å². The monoisotopic (exact) mass is 269 g/mol. The first kappa shape index (κ1) is 13.5. The molecule has 0 amide bonds. The van der Waals surface area contributed by atoms with Crippen LogP contribution in [0.1, 0.15) is 12.0 Å². The summed E-state index contributed by atoms with van der Waals surface area (Å²) in [5.41, 5.74) is 3.85. The molecule has 18 heavy (non-hydrogen) atoms. The summed E-state index contributed by atoms with van der Waals surface area (Å²) in [6, 6.07) is 5.94. The molecule has 1 aromatic rings. The Labute approximate surface area is 112 Å². The van der Waals surface area contributed by atoms with Gasteiger partial charge >= 0.3 is 0 Å². The van der Waals surface area contributed by atoms with E-state index in [9.17, 15) is 0 Å². The van der Waals surface area contributed by atoms with Crippen molar-refractivity contribution < 1.29 is 14.3 Å². The van der Waals surface area contributed by atoms with Crippen molar-refractivity contribution in [3.63, 3.8) is 0 Å². The second-order valence-electron chi connectivity index (χ2n) is 4.08. The molecule has 100 valence electrons. The Hall–Kier alpha value is -0.910. The minimum absolute atomic E-state index is 0.300. The third kappa shape index (κ3) is 3.31. The lowest BCUT2D eigenvalue weighted by Gasteiger charge is -2.17. The SMILES string of the molecule is CONCc1cccc(OC2CCSC2)c1OC. The first-order valence-electron chi connectivity index (χ1n) is 6.01. The van der Waals surface area contributed by atoms with Gasteiger partial charge in [-0.15, -0.1) is 0 Å². The highest BCUT2D eigenvalue weighted by molar-refractivity contribution is 7.99. The van der Waals surface area contributed by atoms with Gasteiger partial charge in [0.25, 0.3) is 0 Å². The van der Waals surface area contributed by atoms with E-state index in [2.05, 4.69) is 5.48 Å². The molecule has 0 radical (unpaired) electrons. The summed E-state index contributed by atoms with van der Waals surface area (Å²) in [5.74, 6) is 3.85. The average Bonchev–Trinajstić information content (AvgIpc) is 2.89. The summed E-state index contributed by atoms with van der Waals surface area (Å²) >= 11 is 1.93. The third-order valence-electron chi connectivity index (χ3n) is 2.85. The van der Waals surface area contributed by atoms with Crippen molar-refractivity contribution in [3.05, 3.63) is 23.8 Å². The standard InChI is InChI=1S/C13H19NO3S/c1-15-13-10(8-14-16-2)4-3-5-12(13)17-11-6-7-18-9-11/h3-5,11,14H,6-9H2,1-2H3. The molecule has 0 spiro atoms. The zero-order valence-electron chi connectivity index (χ0n) is 10.8. The fourth-order valence-corrected chi connectivity index (χ4v) is 3.05. The number of benzene rings is 1.